The van der Waals surface area contributed by atoms with E-state index in [-0.39, 0.29) is 0 Å². The molecular formula is C21H36N2O. The summed E-state index contributed by atoms with van der Waals surface area (Å²) in [5.41, 5.74) is 1.37. The quantitative estimate of drug-likeness (QED) is 0.566. The minimum Gasteiger partial charge on any atom is -0.494 e. The Bertz CT molecular complexity index is 430. The first-order valence-electron chi connectivity index (χ1n) is 10.0. The zero-order valence-corrected chi connectivity index (χ0v) is 15.6. The maximum atomic E-state index is 5.95. The van der Waals surface area contributed by atoms with Gasteiger partial charge in [-0.25, -0.2) is 0 Å². The molecule has 0 amide bonds. The Labute approximate surface area is 148 Å². The van der Waals surface area contributed by atoms with Gasteiger partial charge in [-0.15, -0.1) is 0 Å². The summed E-state index contributed by atoms with van der Waals surface area (Å²) >= 11 is 0. The summed E-state index contributed by atoms with van der Waals surface area (Å²) in [5.74, 6) is 1.03. The molecule has 3 heteroatoms. The molecule has 1 aliphatic heterocycles. The molecule has 2 rings (SSSR count). The third-order valence-electron chi connectivity index (χ3n) is 4.78. The van der Waals surface area contributed by atoms with Crippen LogP contribution in [-0.2, 0) is 6.54 Å². The predicted molar refractivity (Wildman–Crippen MR) is 103 cm³/mol. The summed E-state index contributed by atoms with van der Waals surface area (Å²) in [4.78, 5) is 2.51. The molecule has 24 heavy (non-hydrogen) atoms. The van der Waals surface area contributed by atoms with Crippen LogP contribution in [-0.4, -0.2) is 37.7 Å². The molecule has 3 nitrogen and oxygen atoms in total. The number of nitrogens with zero attached hydrogens (tertiary/aromatic N) is 1. The van der Waals surface area contributed by atoms with Gasteiger partial charge in [0.25, 0.3) is 0 Å². The molecule has 1 heterocycles. The number of nitrogens with one attached hydrogen (secondary N) is 1. The standard InChI is InChI=1S/C21H36N2O/c1-2-3-4-5-6-7-8-9-17-24-21-12-10-11-20(18-21)19-23-15-13-22-14-16-23/h10-12,18,22H,2-9,13-17,19H2,1H3. The van der Waals surface area contributed by atoms with Crippen molar-refractivity contribution in [2.75, 3.05) is 32.8 Å². The lowest BCUT2D eigenvalue weighted by molar-refractivity contribution is 0.232. The lowest BCUT2D eigenvalue weighted by Crippen LogP contribution is -2.42. The van der Waals surface area contributed by atoms with Crippen LogP contribution in [0.1, 0.15) is 63.9 Å². The highest BCUT2D eigenvalue weighted by molar-refractivity contribution is 5.28. The van der Waals surface area contributed by atoms with E-state index in [1.54, 1.807) is 0 Å². The van der Waals surface area contributed by atoms with Crippen LogP contribution < -0.4 is 10.1 Å². The largest absolute Gasteiger partial charge is 0.494 e. The van der Waals surface area contributed by atoms with Crippen LogP contribution in [0.25, 0.3) is 0 Å². The van der Waals surface area contributed by atoms with E-state index >= 15 is 0 Å². The van der Waals surface area contributed by atoms with E-state index in [0.717, 1.165) is 45.1 Å². The van der Waals surface area contributed by atoms with E-state index in [1.165, 1.54) is 56.9 Å². The number of benzene rings is 1. The minimum atomic E-state index is 0.853. The molecule has 1 saturated heterocycles. The van der Waals surface area contributed by atoms with Crippen molar-refractivity contribution in [1.29, 1.82) is 0 Å². The van der Waals surface area contributed by atoms with E-state index in [0.29, 0.717) is 0 Å². The van der Waals surface area contributed by atoms with E-state index in [9.17, 15) is 0 Å². The van der Waals surface area contributed by atoms with Crippen molar-refractivity contribution in [3.63, 3.8) is 0 Å². The number of rotatable bonds is 12. The monoisotopic (exact) mass is 332 g/mol. The number of piperazine rings is 1. The summed E-state index contributed by atoms with van der Waals surface area (Å²) in [6, 6.07) is 8.64. The highest BCUT2D eigenvalue weighted by atomic mass is 16.5. The van der Waals surface area contributed by atoms with Gasteiger partial charge in [-0.1, -0.05) is 64.0 Å². The lowest BCUT2D eigenvalue weighted by Gasteiger charge is -2.27. The molecule has 0 aromatic heterocycles. The third kappa shape index (κ3) is 8.16. The fourth-order valence-corrected chi connectivity index (χ4v) is 3.29. The zero-order valence-electron chi connectivity index (χ0n) is 15.6. The highest BCUT2D eigenvalue weighted by Crippen LogP contribution is 2.16. The Kier molecular flexibility index (Phi) is 9.89. The van der Waals surface area contributed by atoms with Crippen molar-refractivity contribution >= 4 is 0 Å². The van der Waals surface area contributed by atoms with Crippen molar-refractivity contribution in [3.05, 3.63) is 29.8 Å². The first-order valence-corrected chi connectivity index (χ1v) is 10.0. The Hall–Kier alpha value is -1.06. The van der Waals surface area contributed by atoms with E-state index < -0.39 is 0 Å². The number of hydrogen-bond donors (Lipinski definition) is 1. The normalized spacial score (nSPS) is 15.5. The molecule has 136 valence electrons. The van der Waals surface area contributed by atoms with Gasteiger partial charge < -0.3 is 10.1 Å². The van der Waals surface area contributed by atoms with E-state index in [1.807, 2.05) is 0 Å². The van der Waals surface area contributed by atoms with Gasteiger partial charge in [0.15, 0.2) is 0 Å². The highest BCUT2D eigenvalue weighted by Gasteiger charge is 2.10. The summed E-state index contributed by atoms with van der Waals surface area (Å²) < 4.78 is 5.95. The molecule has 0 aliphatic carbocycles. The third-order valence-corrected chi connectivity index (χ3v) is 4.78. The first-order chi connectivity index (χ1) is 11.9. The fraction of sp³-hybridized carbons (Fsp3) is 0.714. The molecule has 0 spiro atoms. The maximum Gasteiger partial charge on any atom is 0.119 e. The average molecular weight is 333 g/mol. The Morgan fingerprint density at radius 1 is 0.958 bits per heavy atom. The molecule has 1 N–H and O–H groups in total. The van der Waals surface area contributed by atoms with Crippen LogP contribution in [0.4, 0.5) is 0 Å². The first kappa shape index (κ1) is 19.3. The zero-order chi connectivity index (χ0) is 16.9. The van der Waals surface area contributed by atoms with Crippen molar-refractivity contribution < 1.29 is 4.74 Å². The molecule has 0 bridgehead atoms. The second-order valence-corrected chi connectivity index (χ2v) is 7.00. The topological polar surface area (TPSA) is 24.5 Å². The number of hydrogen-bond acceptors (Lipinski definition) is 3. The SMILES string of the molecule is CCCCCCCCCCOc1cccc(CN2CCNCC2)c1. The summed E-state index contributed by atoms with van der Waals surface area (Å²) in [5, 5.41) is 3.40. The second kappa shape index (κ2) is 12.3. The number of unbranched alkanes of at least 4 members (excludes halogenated alkanes) is 7. The fourth-order valence-electron chi connectivity index (χ4n) is 3.29. The van der Waals surface area contributed by atoms with Crippen LogP contribution in [0.2, 0.25) is 0 Å². The van der Waals surface area contributed by atoms with E-state index in [2.05, 4.69) is 41.4 Å². The van der Waals surface area contributed by atoms with Gasteiger partial charge in [-0.2, -0.15) is 0 Å². The van der Waals surface area contributed by atoms with Crippen LogP contribution >= 0.6 is 0 Å². The van der Waals surface area contributed by atoms with Crippen LogP contribution in [0.3, 0.4) is 0 Å². The Balaban J connectivity index is 1.56. The van der Waals surface area contributed by atoms with Crippen molar-refractivity contribution in [2.45, 2.75) is 64.8 Å². The van der Waals surface area contributed by atoms with Gasteiger partial charge in [-0.05, 0) is 24.1 Å². The molecular weight excluding hydrogens is 296 g/mol. The summed E-state index contributed by atoms with van der Waals surface area (Å²) in [7, 11) is 0. The number of ether oxygens (including phenoxy) is 1. The Morgan fingerprint density at radius 2 is 1.67 bits per heavy atom. The predicted octanol–water partition coefficient (Wildman–Crippen LogP) is 4.61. The molecule has 0 saturated carbocycles. The maximum absolute atomic E-state index is 5.95. The van der Waals surface area contributed by atoms with Crippen LogP contribution in [0.15, 0.2) is 24.3 Å². The van der Waals surface area contributed by atoms with Crippen LogP contribution in [0.5, 0.6) is 5.75 Å². The minimum absolute atomic E-state index is 0.853. The van der Waals surface area contributed by atoms with E-state index in [4.69, 9.17) is 4.74 Å². The van der Waals surface area contributed by atoms with Gasteiger partial charge >= 0.3 is 0 Å². The molecule has 1 aliphatic rings. The van der Waals surface area contributed by atoms with Gasteiger partial charge in [0.05, 0.1) is 6.61 Å². The summed E-state index contributed by atoms with van der Waals surface area (Å²) in [6.45, 7) is 8.66. The second-order valence-electron chi connectivity index (χ2n) is 7.00. The van der Waals surface area contributed by atoms with Gasteiger partial charge in [0.1, 0.15) is 5.75 Å². The summed E-state index contributed by atoms with van der Waals surface area (Å²) in [6.07, 6.45) is 10.8. The van der Waals surface area contributed by atoms with Gasteiger partial charge in [0, 0.05) is 32.7 Å². The van der Waals surface area contributed by atoms with Crippen molar-refractivity contribution in [1.82, 2.24) is 10.2 Å². The molecule has 1 aromatic carbocycles. The molecule has 1 fully saturated rings. The van der Waals surface area contributed by atoms with Crippen LogP contribution in [0, 0.1) is 0 Å². The van der Waals surface area contributed by atoms with Crippen molar-refractivity contribution in [2.24, 2.45) is 0 Å². The lowest BCUT2D eigenvalue weighted by atomic mass is 10.1. The molecule has 1 aromatic rings. The van der Waals surface area contributed by atoms with Gasteiger partial charge in [-0.3, -0.25) is 4.90 Å². The smallest absolute Gasteiger partial charge is 0.119 e. The van der Waals surface area contributed by atoms with Crippen molar-refractivity contribution in [3.8, 4) is 5.75 Å². The Morgan fingerprint density at radius 3 is 2.42 bits per heavy atom. The molecule has 0 unspecified atom stereocenters. The molecule has 0 atom stereocenters. The molecule has 0 radical (unpaired) electrons. The average Bonchev–Trinajstić information content (AvgIpc) is 2.61. The van der Waals surface area contributed by atoms with Gasteiger partial charge in [0.2, 0.25) is 0 Å².